The minimum Gasteiger partial charge on any atom is -0.319 e. The van der Waals surface area contributed by atoms with Gasteiger partial charge in [-0.1, -0.05) is 140 Å². The molecule has 8 aromatic rings. The van der Waals surface area contributed by atoms with Crippen molar-refractivity contribution >= 4 is 62.0 Å². The molecule has 0 amide bonds. The zero-order chi connectivity index (χ0) is 34.1. The summed E-state index contributed by atoms with van der Waals surface area (Å²) in [6, 6.07) is 60.5. The Bertz CT molecular complexity index is 2580. The average molecular weight is 653 g/mol. The summed E-state index contributed by atoms with van der Waals surface area (Å²) in [5.41, 5.74) is 5.90. The van der Waals surface area contributed by atoms with Crippen LogP contribution >= 0.6 is 0 Å². The highest BCUT2D eigenvalue weighted by atomic mass is 28.3. The molecule has 8 rings (SSSR count). The molecule has 1 heterocycles. The second-order valence-corrected chi connectivity index (χ2v) is 16.0. The molecule has 0 atom stereocenters. The SMILES string of the molecule is [C-]#[N+]c1ccc([Si](c2ccccc2)(c2ccccc2)c2ccccc2)cc1-c1ccc([N+]#[C-])c(-n2c3ccccc3c3cc(C#N)ccc32)c1. The zero-order valence-electron chi connectivity index (χ0n) is 27.0. The first-order chi connectivity index (χ1) is 24.7. The number of rotatable bonds is 6. The molecule has 0 saturated carbocycles. The molecule has 50 heavy (non-hydrogen) atoms. The van der Waals surface area contributed by atoms with Crippen LogP contribution in [0.5, 0.6) is 0 Å². The van der Waals surface area contributed by atoms with Crippen molar-refractivity contribution in [3.05, 3.63) is 198 Å². The van der Waals surface area contributed by atoms with Crippen molar-refractivity contribution < 1.29 is 0 Å². The largest absolute Gasteiger partial charge is 0.319 e. The average Bonchev–Trinajstić information content (AvgIpc) is 3.52. The maximum absolute atomic E-state index is 9.67. The van der Waals surface area contributed by atoms with Crippen LogP contribution in [0.1, 0.15) is 5.56 Å². The van der Waals surface area contributed by atoms with Gasteiger partial charge in [-0.15, -0.1) is 0 Å². The first kappa shape index (κ1) is 30.4. The quantitative estimate of drug-likeness (QED) is 0.101. The summed E-state index contributed by atoms with van der Waals surface area (Å²) in [7, 11) is -2.85. The number of benzene rings is 7. The minimum absolute atomic E-state index is 0.503. The number of nitrogens with zero attached hydrogens (tertiary/aromatic N) is 4. The van der Waals surface area contributed by atoms with E-state index in [0.29, 0.717) is 16.9 Å². The lowest BCUT2D eigenvalue weighted by Gasteiger charge is -2.35. The fourth-order valence-corrected chi connectivity index (χ4v) is 12.2. The fraction of sp³-hybridized carbons (Fsp3) is 0. The van der Waals surface area contributed by atoms with Crippen molar-refractivity contribution in [1.82, 2.24) is 4.57 Å². The van der Waals surface area contributed by atoms with Crippen molar-refractivity contribution in [2.24, 2.45) is 0 Å². The predicted molar refractivity (Wildman–Crippen MR) is 207 cm³/mol. The van der Waals surface area contributed by atoms with E-state index in [-0.39, 0.29) is 0 Å². The topological polar surface area (TPSA) is 37.4 Å². The summed E-state index contributed by atoms with van der Waals surface area (Å²) in [5.74, 6) is 0. The van der Waals surface area contributed by atoms with Gasteiger partial charge in [-0.25, -0.2) is 9.69 Å². The van der Waals surface area contributed by atoms with E-state index in [1.54, 1.807) is 0 Å². The minimum atomic E-state index is -2.85. The number of hydrogen-bond donors (Lipinski definition) is 0. The maximum atomic E-state index is 9.67. The summed E-state index contributed by atoms with van der Waals surface area (Å²) in [5, 5.41) is 16.6. The number of aromatic nitrogens is 1. The van der Waals surface area contributed by atoms with E-state index in [9.17, 15) is 5.26 Å². The molecule has 0 unspecified atom stereocenters. The highest BCUT2D eigenvalue weighted by Gasteiger charge is 2.41. The standard InChI is InChI=1S/C45H28N4Si/c1-47-41-26-24-37(50(34-14-6-3-7-15-34,35-16-8-4-9-17-35)36-18-10-5-11-19-36)30-39(41)33-23-25-42(48-2)45(29-33)49-43-21-13-12-20-38(43)40-28-32(31-46)22-27-44(40)49/h3-30H. The van der Waals surface area contributed by atoms with Crippen LogP contribution in [-0.2, 0) is 0 Å². The van der Waals surface area contributed by atoms with Crippen LogP contribution in [0.15, 0.2) is 170 Å². The van der Waals surface area contributed by atoms with Crippen molar-refractivity contribution in [2.75, 3.05) is 0 Å². The van der Waals surface area contributed by atoms with Gasteiger partial charge in [0.2, 0.25) is 5.69 Å². The van der Waals surface area contributed by atoms with Gasteiger partial charge in [-0.05, 0) is 62.2 Å². The van der Waals surface area contributed by atoms with Crippen LogP contribution in [0.25, 0.3) is 48.3 Å². The second-order valence-electron chi connectivity index (χ2n) is 12.2. The van der Waals surface area contributed by atoms with Gasteiger partial charge in [0.25, 0.3) is 0 Å². The summed E-state index contributed by atoms with van der Waals surface area (Å²) in [4.78, 5) is 7.96. The number of para-hydroxylation sites is 1. The lowest BCUT2D eigenvalue weighted by Crippen LogP contribution is -2.74. The molecule has 0 bridgehead atoms. The Hall–Kier alpha value is -6.97. The zero-order valence-corrected chi connectivity index (χ0v) is 28.0. The van der Waals surface area contributed by atoms with Gasteiger partial charge >= 0.3 is 0 Å². The molecule has 5 heteroatoms. The maximum Gasteiger partial charge on any atom is 0.210 e. The van der Waals surface area contributed by atoms with Crippen LogP contribution in [-0.4, -0.2) is 12.6 Å². The molecule has 0 radical (unpaired) electrons. The molecular weight excluding hydrogens is 625 g/mol. The van der Waals surface area contributed by atoms with E-state index in [0.717, 1.165) is 38.6 Å². The predicted octanol–water partition coefficient (Wildman–Crippen LogP) is 8.80. The summed E-state index contributed by atoms with van der Waals surface area (Å²) in [6.07, 6.45) is 0. The monoisotopic (exact) mass is 652 g/mol. The Labute approximate surface area is 292 Å². The van der Waals surface area contributed by atoms with Gasteiger partial charge in [0.15, 0.2) is 13.8 Å². The second kappa shape index (κ2) is 12.6. The van der Waals surface area contributed by atoms with E-state index in [4.69, 9.17) is 13.1 Å². The van der Waals surface area contributed by atoms with Gasteiger partial charge in [-0.3, -0.25) is 0 Å². The van der Waals surface area contributed by atoms with E-state index in [1.807, 2.05) is 60.7 Å². The van der Waals surface area contributed by atoms with Gasteiger partial charge in [0.1, 0.15) is 0 Å². The number of hydrogen-bond acceptors (Lipinski definition) is 1. The van der Waals surface area contributed by atoms with Crippen molar-refractivity contribution in [3.63, 3.8) is 0 Å². The van der Waals surface area contributed by atoms with Gasteiger partial charge in [0, 0.05) is 10.8 Å². The Balaban J connectivity index is 1.42. The number of fused-ring (bicyclic) bond motifs is 3. The molecule has 0 N–H and O–H groups in total. The lowest BCUT2D eigenvalue weighted by molar-refractivity contribution is 1.19. The van der Waals surface area contributed by atoms with Crippen molar-refractivity contribution in [3.8, 4) is 22.9 Å². The van der Waals surface area contributed by atoms with Crippen LogP contribution in [0.2, 0.25) is 0 Å². The molecule has 1 aromatic heterocycles. The third-order valence-electron chi connectivity index (χ3n) is 9.62. The van der Waals surface area contributed by atoms with Gasteiger partial charge < -0.3 is 4.57 Å². The lowest BCUT2D eigenvalue weighted by atomic mass is 10.0. The van der Waals surface area contributed by atoms with E-state index in [2.05, 4.69) is 130 Å². The van der Waals surface area contributed by atoms with E-state index in [1.165, 1.54) is 20.7 Å². The Morgan fingerprint density at radius 3 is 1.66 bits per heavy atom. The normalized spacial score (nSPS) is 11.1. The third kappa shape index (κ3) is 4.80. The Morgan fingerprint density at radius 1 is 0.500 bits per heavy atom. The molecule has 7 aromatic carbocycles. The smallest absolute Gasteiger partial charge is 0.210 e. The third-order valence-corrected chi connectivity index (χ3v) is 14.4. The molecule has 0 fully saturated rings. The van der Waals surface area contributed by atoms with Gasteiger partial charge in [-0.2, -0.15) is 5.26 Å². The highest BCUT2D eigenvalue weighted by molar-refractivity contribution is 7.19. The molecule has 232 valence electrons. The molecule has 4 nitrogen and oxygen atoms in total. The Kier molecular flexibility index (Phi) is 7.63. The molecular formula is C45H28N4Si. The van der Waals surface area contributed by atoms with Crippen molar-refractivity contribution in [1.29, 1.82) is 5.26 Å². The summed E-state index contributed by atoms with van der Waals surface area (Å²) in [6.45, 7) is 16.4. The first-order valence-corrected chi connectivity index (χ1v) is 18.3. The van der Waals surface area contributed by atoms with E-state index < -0.39 is 8.07 Å². The molecule has 0 aliphatic carbocycles. The first-order valence-electron chi connectivity index (χ1n) is 16.3. The molecule has 0 aliphatic heterocycles. The van der Waals surface area contributed by atoms with E-state index >= 15 is 0 Å². The fourth-order valence-electron chi connectivity index (χ4n) is 7.43. The summed E-state index contributed by atoms with van der Waals surface area (Å²) < 4.78 is 2.11. The van der Waals surface area contributed by atoms with Crippen LogP contribution in [0.3, 0.4) is 0 Å². The van der Waals surface area contributed by atoms with Gasteiger partial charge in [0.05, 0.1) is 41.5 Å². The Morgan fingerprint density at radius 2 is 1.06 bits per heavy atom. The number of nitriles is 1. The molecule has 0 saturated heterocycles. The highest BCUT2D eigenvalue weighted by Crippen LogP contribution is 2.39. The molecule has 0 spiro atoms. The summed E-state index contributed by atoms with van der Waals surface area (Å²) >= 11 is 0. The van der Waals surface area contributed by atoms with Crippen LogP contribution in [0.4, 0.5) is 11.4 Å². The van der Waals surface area contributed by atoms with Crippen LogP contribution in [0, 0.1) is 24.5 Å². The molecule has 0 aliphatic rings. The van der Waals surface area contributed by atoms with Crippen LogP contribution < -0.4 is 20.7 Å². The van der Waals surface area contributed by atoms with Crippen molar-refractivity contribution in [2.45, 2.75) is 0 Å².